The molecule has 0 aliphatic carbocycles. The molecule has 1 fully saturated rings. The van der Waals surface area contributed by atoms with E-state index < -0.39 is 5.60 Å². The highest BCUT2D eigenvalue weighted by Gasteiger charge is 2.36. The van der Waals surface area contributed by atoms with Crippen LogP contribution in [0.1, 0.15) is 34.5 Å². The van der Waals surface area contributed by atoms with E-state index in [0.717, 1.165) is 22.6 Å². The third-order valence-corrected chi connectivity index (χ3v) is 5.29. The van der Waals surface area contributed by atoms with Crippen molar-refractivity contribution in [3.05, 3.63) is 46.2 Å². The van der Waals surface area contributed by atoms with E-state index >= 15 is 0 Å². The maximum atomic E-state index is 12.6. The summed E-state index contributed by atoms with van der Waals surface area (Å²) in [6.45, 7) is 4.81. The number of carbonyl (C=O) groups excluding carboxylic acids is 1. The first kappa shape index (κ1) is 18.7. The maximum Gasteiger partial charge on any atom is 0.274 e. The summed E-state index contributed by atoms with van der Waals surface area (Å²) in [5, 5.41) is 15.8. The molecule has 0 spiro atoms. The van der Waals surface area contributed by atoms with Crippen LogP contribution in [0, 0.1) is 13.8 Å². The second-order valence-electron chi connectivity index (χ2n) is 7.09. The Kier molecular flexibility index (Phi) is 5.25. The van der Waals surface area contributed by atoms with Gasteiger partial charge < -0.3 is 14.7 Å². The highest BCUT2D eigenvalue weighted by molar-refractivity contribution is 6.32. The summed E-state index contributed by atoms with van der Waals surface area (Å²) >= 11 is 6.18. The zero-order valence-electron chi connectivity index (χ0n) is 15.3. The van der Waals surface area contributed by atoms with Gasteiger partial charge in [0.25, 0.3) is 5.91 Å². The molecular formula is C19H24ClN3O3. The summed E-state index contributed by atoms with van der Waals surface area (Å²) in [4.78, 5) is 14.2. The van der Waals surface area contributed by atoms with Crippen LogP contribution in [0.5, 0.6) is 5.75 Å². The highest BCUT2D eigenvalue weighted by atomic mass is 35.5. The van der Waals surface area contributed by atoms with E-state index in [9.17, 15) is 9.90 Å². The van der Waals surface area contributed by atoms with Gasteiger partial charge in [-0.25, -0.2) is 0 Å². The smallest absolute Gasteiger partial charge is 0.274 e. The van der Waals surface area contributed by atoms with Crippen molar-refractivity contribution >= 4 is 17.5 Å². The zero-order chi connectivity index (χ0) is 18.9. The Morgan fingerprint density at radius 3 is 2.69 bits per heavy atom. The van der Waals surface area contributed by atoms with E-state index in [-0.39, 0.29) is 19.1 Å². The largest absolute Gasteiger partial charge is 0.491 e. The van der Waals surface area contributed by atoms with Crippen LogP contribution in [-0.2, 0) is 7.05 Å². The fourth-order valence-corrected chi connectivity index (χ4v) is 3.41. The molecule has 1 amide bonds. The molecule has 7 heteroatoms. The quantitative estimate of drug-likeness (QED) is 0.889. The van der Waals surface area contributed by atoms with E-state index in [1.165, 1.54) is 0 Å². The molecule has 140 valence electrons. The predicted octanol–water partition coefficient (Wildman–Crippen LogP) is 2.74. The third-order valence-electron chi connectivity index (χ3n) is 4.69. The molecule has 1 aromatic carbocycles. The molecule has 1 saturated heterocycles. The predicted molar refractivity (Wildman–Crippen MR) is 99.7 cm³/mol. The summed E-state index contributed by atoms with van der Waals surface area (Å²) in [5.41, 5.74) is 1.18. The van der Waals surface area contributed by atoms with Crippen LogP contribution in [0.3, 0.4) is 0 Å². The minimum Gasteiger partial charge on any atom is -0.491 e. The Morgan fingerprint density at radius 1 is 1.38 bits per heavy atom. The molecule has 1 aliphatic rings. The van der Waals surface area contributed by atoms with Crippen molar-refractivity contribution in [2.75, 3.05) is 19.7 Å². The van der Waals surface area contributed by atoms with E-state index in [0.29, 0.717) is 24.4 Å². The van der Waals surface area contributed by atoms with Crippen LogP contribution in [0.4, 0.5) is 0 Å². The number of hydrogen-bond acceptors (Lipinski definition) is 4. The van der Waals surface area contributed by atoms with Crippen molar-refractivity contribution in [3.8, 4) is 5.75 Å². The fraction of sp³-hybridized carbons (Fsp3) is 0.474. The normalized spacial score (nSPS) is 20.3. The van der Waals surface area contributed by atoms with Gasteiger partial charge in [0.1, 0.15) is 23.7 Å². The van der Waals surface area contributed by atoms with Crippen LogP contribution in [0.2, 0.25) is 5.02 Å². The number of piperidine rings is 1. The molecule has 3 rings (SSSR count). The number of aliphatic hydroxyl groups is 1. The SMILES string of the molecule is Cc1cc(OCC2(O)CCCN(C(=O)c3ccn(C)n3)C2)cc(C)c1Cl. The molecule has 2 heterocycles. The second-order valence-corrected chi connectivity index (χ2v) is 7.47. The van der Waals surface area contributed by atoms with Crippen LogP contribution in [0.25, 0.3) is 0 Å². The lowest BCUT2D eigenvalue weighted by Gasteiger charge is -2.38. The fourth-order valence-electron chi connectivity index (χ4n) is 3.30. The van der Waals surface area contributed by atoms with Crippen molar-refractivity contribution in [2.45, 2.75) is 32.3 Å². The van der Waals surface area contributed by atoms with Gasteiger partial charge in [-0.05, 0) is 56.0 Å². The number of halogens is 1. The summed E-state index contributed by atoms with van der Waals surface area (Å²) in [5.74, 6) is 0.507. The summed E-state index contributed by atoms with van der Waals surface area (Å²) in [6.07, 6.45) is 3.04. The average Bonchev–Trinajstić information content (AvgIpc) is 3.03. The number of nitrogens with zero attached hydrogens (tertiary/aromatic N) is 3. The molecular weight excluding hydrogens is 354 g/mol. The van der Waals surface area contributed by atoms with Crippen molar-refractivity contribution in [2.24, 2.45) is 7.05 Å². The lowest BCUT2D eigenvalue weighted by atomic mass is 9.93. The summed E-state index contributed by atoms with van der Waals surface area (Å²) in [6, 6.07) is 5.41. The third kappa shape index (κ3) is 4.02. The van der Waals surface area contributed by atoms with Gasteiger partial charge in [0.2, 0.25) is 0 Å². The van der Waals surface area contributed by atoms with Gasteiger partial charge in [0.05, 0.1) is 6.54 Å². The standard InChI is InChI=1S/C19H24ClN3O3/c1-13-9-15(10-14(2)17(13)20)26-12-19(25)6-4-7-23(11-19)18(24)16-5-8-22(3)21-16/h5,8-10,25H,4,6-7,11-12H2,1-3H3. The van der Waals surface area contributed by atoms with Crippen LogP contribution >= 0.6 is 11.6 Å². The summed E-state index contributed by atoms with van der Waals surface area (Å²) in [7, 11) is 1.77. The number of amides is 1. The molecule has 1 aromatic heterocycles. The Hall–Kier alpha value is -2.05. The van der Waals surface area contributed by atoms with Crippen LogP contribution in [-0.4, -0.2) is 51.0 Å². The Labute approximate surface area is 158 Å². The topological polar surface area (TPSA) is 67.6 Å². The number of carbonyl (C=O) groups is 1. The number of aromatic nitrogens is 2. The Morgan fingerprint density at radius 2 is 2.08 bits per heavy atom. The van der Waals surface area contributed by atoms with E-state index in [4.69, 9.17) is 16.3 Å². The van der Waals surface area contributed by atoms with E-state index in [1.54, 1.807) is 28.9 Å². The van der Waals surface area contributed by atoms with Crippen LogP contribution < -0.4 is 4.74 Å². The van der Waals surface area contributed by atoms with Crippen molar-refractivity contribution in [3.63, 3.8) is 0 Å². The van der Waals surface area contributed by atoms with Gasteiger partial charge in [0, 0.05) is 24.8 Å². The van der Waals surface area contributed by atoms with Gasteiger partial charge in [-0.2, -0.15) is 5.10 Å². The molecule has 1 N–H and O–H groups in total. The minimum absolute atomic E-state index is 0.125. The minimum atomic E-state index is -1.08. The first-order chi connectivity index (χ1) is 12.3. The van der Waals surface area contributed by atoms with E-state index in [2.05, 4.69) is 5.10 Å². The van der Waals surface area contributed by atoms with Crippen molar-refractivity contribution < 1.29 is 14.6 Å². The van der Waals surface area contributed by atoms with Gasteiger partial charge in [-0.15, -0.1) is 0 Å². The van der Waals surface area contributed by atoms with E-state index in [1.807, 2.05) is 26.0 Å². The molecule has 1 unspecified atom stereocenters. The second kappa shape index (κ2) is 7.29. The molecule has 2 aromatic rings. The first-order valence-corrected chi connectivity index (χ1v) is 9.06. The summed E-state index contributed by atoms with van der Waals surface area (Å²) < 4.78 is 7.43. The maximum absolute atomic E-state index is 12.6. The van der Waals surface area contributed by atoms with Crippen LogP contribution in [0.15, 0.2) is 24.4 Å². The zero-order valence-corrected chi connectivity index (χ0v) is 16.1. The first-order valence-electron chi connectivity index (χ1n) is 8.68. The van der Waals surface area contributed by atoms with Crippen molar-refractivity contribution in [1.29, 1.82) is 0 Å². The van der Waals surface area contributed by atoms with Gasteiger partial charge in [-0.1, -0.05) is 11.6 Å². The lowest BCUT2D eigenvalue weighted by Crippen LogP contribution is -2.53. The monoisotopic (exact) mass is 377 g/mol. The molecule has 26 heavy (non-hydrogen) atoms. The molecule has 6 nitrogen and oxygen atoms in total. The Bertz CT molecular complexity index is 797. The number of rotatable bonds is 4. The average molecular weight is 378 g/mol. The number of aryl methyl sites for hydroxylation is 3. The van der Waals surface area contributed by atoms with Gasteiger partial charge in [-0.3, -0.25) is 9.48 Å². The molecule has 0 radical (unpaired) electrons. The molecule has 1 aliphatic heterocycles. The highest BCUT2D eigenvalue weighted by Crippen LogP contribution is 2.28. The van der Waals surface area contributed by atoms with Gasteiger partial charge >= 0.3 is 0 Å². The number of likely N-dealkylation sites (tertiary alicyclic amines) is 1. The molecule has 1 atom stereocenters. The van der Waals surface area contributed by atoms with Gasteiger partial charge in [0.15, 0.2) is 0 Å². The lowest BCUT2D eigenvalue weighted by molar-refractivity contribution is -0.0533. The molecule has 0 saturated carbocycles. The number of benzene rings is 1. The van der Waals surface area contributed by atoms with Crippen molar-refractivity contribution in [1.82, 2.24) is 14.7 Å². The number of ether oxygens (including phenoxy) is 1. The molecule has 0 bridgehead atoms. The number of hydrogen-bond donors (Lipinski definition) is 1. The Balaban J connectivity index is 1.66. The number of β-amino-alcohol motifs (C(OH)–C–C–N with tert-alkyl or cyclic N) is 1.